The normalized spacial score (nSPS) is 11.9. The minimum Gasteiger partial charge on any atom is -0.476 e. The first kappa shape index (κ1) is 14.9. The predicted octanol–water partition coefficient (Wildman–Crippen LogP) is 3.68. The maximum Gasteiger partial charge on any atom is 0.371 e. The molecule has 7 nitrogen and oxygen atoms in total. The van der Waals surface area contributed by atoms with E-state index >= 15 is 0 Å². The summed E-state index contributed by atoms with van der Waals surface area (Å²) in [6, 6.07) is 6.73. The summed E-state index contributed by atoms with van der Waals surface area (Å²) in [6.07, 6.45) is -0.696. The summed E-state index contributed by atoms with van der Waals surface area (Å²) >= 11 is 5.71. The Balaban J connectivity index is 2.24. The van der Waals surface area contributed by atoms with E-state index in [1.54, 1.807) is 6.92 Å². The van der Waals surface area contributed by atoms with Crippen molar-refractivity contribution in [1.82, 2.24) is 0 Å². The fourth-order valence-electron chi connectivity index (χ4n) is 1.67. The highest BCUT2D eigenvalue weighted by Crippen LogP contribution is 2.33. The molecule has 1 unspecified atom stereocenters. The fourth-order valence-corrected chi connectivity index (χ4v) is 1.83. The summed E-state index contributed by atoms with van der Waals surface area (Å²) in [5, 5.41) is 19.9. The lowest BCUT2D eigenvalue weighted by molar-refractivity contribution is -0.386. The number of carbonyl (C=O) groups is 1. The van der Waals surface area contributed by atoms with Gasteiger partial charge in [-0.1, -0.05) is 11.6 Å². The maximum atomic E-state index is 11.0. The molecule has 1 aromatic carbocycles. The van der Waals surface area contributed by atoms with Gasteiger partial charge in [-0.05, 0) is 31.2 Å². The second kappa shape index (κ2) is 5.84. The van der Waals surface area contributed by atoms with Crippen LogP contribution in [0.3, 0.4) is 0 Å². The Morgan fingerprint density at radius 2 is 2.14 bits per heavy atom. The van der Waals surface area contributed by atoms with Crippen LogP contribution < -0.4 is 4.74 Å². The van der Waals surface area contributed by atoms with Crippen LogP contribution in [-0.4, -0.2) is 16.0 Å². The van der Waals surface area contributed by atoms with E-state index in [1.807, 2.05) is 0 Å². The van der Waals surface area contributed by atoms with Crippen molar-refractivity contribution in [2.24, 2.45) is 0 Å². The third-order valence-corrected chi connectivity index (χ3v) is 2.89. The minimum absolute atomic E-state index is 0.0187. The summed E-state index contributed by atoms with van der Waals surface area (Å²) in [6.45, 7) is 1.59. The Morgan fingerprint density at radius 1 is 1.43 bits per heavy atom. The quantitative estimate of drug-likeness (QED) is 0.667. The van der Waals surface area contributed by atoms with Gasteiger partial charge in [-0.3, -0.25) is 10.1 Å². The summed E-state index contributed by atoms with van der Waals surface area (Å²) in [5.41, 5.74) is -0.278. The van der Waals surface area contributed by atoms with E-state index in [-0.39, 0.29) is 28.0 Å². The van der Waals surface area contributed by atoms with E-state index in [2.05, 4.69) is 0 Å². The molecular formula is C13H10ClNO6. The van der Waals surface area contributed by atoms with Gasteiger partial charge in [-0.15, -0.1) is 0 Å². The predicted molar refractivity (Wildman–Crippen MR) is 72.8 cm³/mol. The first-order valence-corrected chi connectivity index (χ1v) is 6.20. The Labute approximate surface area is 123 Å². The molecule has 0 fully saturated rings. The second-order valence-electron chi connectivity index (χ2n) is 4.14. The highest BCUT2D eigenvalue weighted by molar-refractivity contribution is 6.30. The van der Waals surface area contributed by atoms with Gasteiger partial charge in [0, 0.05) is 11.1 Å². The molecule has 0 saturated heterocycles. The van der Waals surface area contributed by atoms with Crippen molar-refractivity contribution in [3.63, 3.8) is 0 Å². The molecule has 0 aliphatic heterocycles. The Morgan fingerprint density at radius 3 is 2.71 bits per heavy atom. The van der Waals surface area contributed by atoms with Crippen LogP contribution in [0.15, 0.2) is 34.7 Å². The number of furan rings is 1. The fraction of sp³-hybridized carbons (Fsp3) is 0.154. The van der Waals surface area contributed by atoms with Crippen molar-refractivity contribution in [3.8, 4) is 5.75 Å². The Kier molecular flexibility index (Phi) is 4.13. The summed E-state index contributed by atoms with van der Waals surface area (Å²) in [7, 11) is 0. The molecule has 8 heteroatoms. The zero-order chi connectivity index (χ0) is 15.6. The standard InChI is InChI=1S/C13H10ClNO6/c1-7(10-4-5-12(21-10)13(16)17)20-11-3-2-8(14)6-9(11)15(18)19/h2-7H,1H3,(H,16,17). The van der Waals surface area contributed by atoms with Gasteiger partial charge >= 0.3 is 11.7 Å². The van der Waals surface area contributed by atoms with Crippen molar-refractivity contribution in [3.05, 3.63) is 57.0 Å². The molecule has 0 saturated carbocycles. The van der Waals surface area contributed by atoms with Crippen LogP contribution in [-0.2, 0) is 0 Å². The monoisotopic (exact) mass is 311 g/mol. The maximum absolute atomic E-state index is 11.0. The molecular weight excluding hydrogens is 302 g/mol. The first-order valence-electron chi connectivity index (χ1n) is 5.82. The minimum atomic E-state index is -1.20. The van der Waals surface area contributed by atoms with E-state index in [0.29, 0.717) is 0 Å². The molecule has 0 aliphatic carbocycles. The Hall–Kier alpha value is -2.54. The topological polar surface area (TPSA) is 103 Å². The molecule has 1 atom stereocenters. The number of carboxylic acid groups (broad SMARTS) is 1. The number of ether oxygens (including phenoxy) is 1. The largest absolute Gasteiger partial charge is 0.476 e. The van der Waals surface area contributed by atoms with E-state index in [0.717, 1.165) is 0 Å². The van der Waals surface area contributed by atoms with Crippen LogP contribution in [0.5, 0.6) is 5.75 Å². The molecule has 110 valence electrons. The molecule has 2 rings (SSSR count). The number of nitro groups is 1. The smallest absolute Gasteiger partial charge is 0.371 e. The summed E-state index contributed by atoms with van der Waals surface area (Å²) in [5.74, 6) is -1.17. The molecule has 1 aromatic heterocycles. The molecule has 0 spiro atoms. The number of aromatic carboxylic acids is 1. The third kappa shape index (κ3) is 3.32. The first-order chi connectivity index (χ1) is 9.88. The highest BCUT2D eigenvalue weighted by Gasteiger charge is 2.21. The summed E-state index contributed by atoms with van der Waals surface area (Å²) < 4.78 is 10.5. The number of hydrogen-bond acceptors (Lipinski definition) is 5. The van der Waals surface area contributed by atoms with Crippen molar-refractivity contribution in [2.75, 3.05) is 0 Å². The van der Waals surface area contributed by atoms with Gasteiger partial charge < -0.3 is 14.3 Å². The van der Waals surface area contributed by atoms with Crippen LogP contribution in [0.4, 0.5) is 5.69 Å². The molecule has 1 heterocycles. The molecule has 0 aliphatic rings. The van der Waals surface area contributed by atoms with Crippen LogP contribution in [0.25, 0.3) is 0 Å². The van der Waals surface area contributed by atoms with Crippen molar-refractivity contribution >= 4 is 23.3 Å². The highest BCUT2D eigenvalue weighted by atomic mass is 35.5. The SMILES string of the molecule is CC(Oc1ccc(Cl)cc1[N+](=O)[O-])c1ccc(C(=O)O)o1. The van der Waals surface area contributed by atoms with Gasteiger partial charge in [0.25, 0.3) is 0 Å². The molecule has 1 N–H and O–H groups in total. The molecule has 0 radical (unpaired) electrons. The number of hydrogen-bond donors (Lipinski definition) is 1. The van der Waals surface area contributed by atoms with Crippen LogP contribution in [0.1, 0.15) is 29.3 Å². The molecule has 0 bridgehead atoms. The number of nitrogens with zero attached hydrogens (tertiary/aromatic N) is 1. The van der Waals surface area contributed by atoms with Gasteiger partial charge in [0.1, 0.15) is 5.76 Å². The van der Waals surface area contributed by atoms with Gasteiger partial charge in [-0.25, -0.2) is 4.79 Å². The van der Waals surface area contributed by atoms with Gasteiger partial charge in [0.15, 0.2) is 11.9 Å². The van der Waals surface area contributed by atoms with E-state index < -0.39 is 17.0 Å². The lowest BCUT2D eigenvalue weighted by Crippen LogP contribution is -2.04. The zero-order valence-electron chi connectivity index (χ0n) is 10.8. The lowest BCUT2D eigenvalue weighted by Gasteiger charge is -2.12. The van der Waals surface area contributed by atoms with Crippen LogP contribution in [0.2, 0.25) is 5.02 Å². The number of halogens is 1. The van der Waals surface area contributed by atoms with Crippen LogP contribution >= 0.6 is 11.6 Å². The van der Waals surface area contributed by atoms with Crippen molar-refractivity contribution in [2.45, 2.75) is 13.0 Å². The van der Waals surface area contributed by atoms with E-state index in [9.17, 15) is 14.9 Å². The molecule has 2 aromatic rings. The Bertz CT molecular complexity index is 696. The molecule has 0 amide bonds. The van der Waals surface area contributed by atoms with Gasteiger partial charge in [0.2, 0.25) is 5.76 Å². The van der Waals surface area contributed by atoms with Gasteiger partial charge in [0.05, 0.1) is 4.92 Å². The number of benzene rings is 1. The average Bonchev–Trinajstić information content (AvgIpc) is 2.90. The van der Waals surface area contributed by atoms with E-state index in [4.69, 9.17) is 25.9 Å². The second-order valence-corrected chi connectivity index (χ2v) is 4.57. The number of carboxylic acids is 1. The van der Waals surface area contributed by atoms with Crippen molar-refractivity contribution < 1.29 is 24.0 Å². The summed E-state index contributed by atoms with van der Waals surface area (Å²) in [4.78, 5) is 21.1. The molecule has 21 heavy (non-hydrogen) atoms. The zero-order valence-corrected chi connectivity index (χ0v) is 11.5. The van der Waals surface area contributed by atoms with Gasteiger partial charge in [-0.2, -0.15) is 0 Å². The van der Waals surface area contributed by atoms with Crippen LogP contribution in [0, 0.1) is 10.1 Å². The number of rotatable bonds is 5. The van der Waals surface area contributed by atoms with Crippen molar-refractivity contribution in [1.29, 1.82) is 0 Å². The average molecular weight is 312 g/mol. The third-order valence-electron chi connectivity index (χ3n) is 2.66. The number of nitro benzene ring substituents is 1. The lowest BCUT2D eigenvalue weighted by atomic mass is 10.2. The van der Waals surface area contributed by atoms with E-state index in [1.165, 1.54) is 30.3 Å².